The number of aromatic amines is 2. The molecule has 0 saturated carbocycles. The van der Waals surface area contributed by atoms with Crippen molar-refractivity contribution in [2.75, 3.05) is 0 Å². The predicted octanol–water partition coefficient (Wildman–Crippen LogP) is 3.64. The van der Waals surface area contributed by atoms with Crippen LogP contribution in [0.3, 0.4) is 0 Å². The van der Waals surface area contributed by atoms with E-state index in [4.69, 9.17) is 11.6 Å². The summed E-state index contributed by atoms with van der Waals surface area (Å²) < 4.78 is 16.7. The van der Waals surface area contributed by atoms with Gasteiger partial charge in [-0.1, -0.05) is 11.6 Å². The van der Waals surface area contributed by atoms with E-state index < -0.39 is 5.82 Å². The van der Waals surface area contributed by atoms with E-state index >= 15 is 4.39 Å². The molecule has 2 aliphatic heterocycles. The monoisotopic (exact) mass is 516 g/mol. The predicted molar refractivity (Wildman–Crippen MR) is 131 cm³/mol. The van der Waals surface area contributed by atoms with Gasteiger partial charge in [-0.2, -0.15) is 9.78 Å². The number of H-pyrrole nitrogens is 2. The molecule has 5 aromatic rings. The van der Waals surface area contributed by atoms with Crippen LogP contribution >= 0.6 is 11.6 Å². The molecule has 13 heteroatoms. The summed E-state index contributed by atoms with van der Waals surface area (Å²) in [6.45, 7) is 0. The largest absolute Gasteiger partial charge is 0.340 e. The summed E-state index contributed by atoms with van der Waals surface area (Å²) >= 11 is 6.12. The third-order valence-electron chi connectivity index (χ3n) is 7.01. The highest BCUT2D eigenvalue weighted by atomic mass is 35.5. The summed E-state index contributed by atoms with van der Waals surface area (Å²) in [5.41, 5.74) is 3.62. The van der Waals surface area contributed by atoms with Gasteiger partial charge in [0.2, 0.25) is 5.91 Å². The first-order chi connectivity index (χ1) is 18.1. The van der Waals surface area contributed by atoms with Crippen molar-refractivity contribution in [3.63, 3.8) is 0 Å². The van der Waals surface area contributed by atoms with Gasteiger partial charge in [0.05, 0.1) is 34.8 Å². The van der Waals surface area contributed by atoms with Crippen LogP contribution < -0.4 is 0 Å². The maximum atomic E-state index is 15.3. The van der Waals surface area contributed by atoms with Crippen LogP contribution in [0.15, 0.2) is 49.2 Å². The fraction of sp³-hybridized carbons (Fsp3) is 0.208. The van der Waals surface area contributed by atoms with Gasteiger partial charge in [-0.05, 0) is 53.5 Å². The SMILES string of the molecule is O=C1C=C(c2c(-n3cnnn3)ccc(Cl)c2F)C[C@H]2CC[C@@H](c3ncc(-c4cnc5[nH]ncc5c4)[nH]3)N12. The number of hydrogen-bond donors (Lipinski definition) is 2. The van der Waals surface area contributed by atoms with Gasteiger partial charge in [0.1, 0.15) is 12.2 Å². The maximum absolute atomic E-state index is 15.3. The van der Waals surface area contributed by atoms with Crippen LogP contribution in [0.25, 0.3) is 33.6 Å². The number of pyridine rings is 1. The molecule has 0 unspecified atom stereocenters. The van der Waals surface area contributed by atoms with Gasteiger partial charge in [0.15, 0.2) is 11.5 Å². The molecule has 0 bridgehead atoms. The van der Waals surface area contributed by atoms with Crippen molar-refractivity contribution in [2.24, 2.45) is 0 Å². The molecule has 184 valence electrons. The molecule has 2 N–H and O–H groups in total. The molecule has 7 rings (SSSR count). The number of imidazole rings is 1. The van der Waals surface area contributed by atoms with Crippen molar-refractivity contribution in [2.45, 2.75) is 31.3 Å². The van der Waals surface area contributed by atoms with E-state index in [9.17, 15) is 4.79 Å². The number of benzene rings is 1. The Bertz CT molecular complexity index is 1690. The number of aromatic nitrogens is 9. The van der Waals surface area contributed by atoms with Crippen molar-refractivity contribution >= 4 is 34.1 Å². The van der Waals surface area contributed by atoms with E-state index in [0.29, 0.717) is 29.2 Å². The van der Waals surface area contributed by atoms with Crippen molar-refractivity contribution in [1.82, 2.24) is 50.3 Å². The molecule has 1 aromatic carbocycles. The average Bonchev–Trinajstić information content (AvgIpc) is 3.71. The van der Waals surface area contributed by atoms with Crippen molar-refractivity contribution in [3.05, 3.63) is 71.4 Å². The zero-order chi connectivity index (χ0) is 25.1. The molecule has 1 amide bonds. The summed E-state index contributed by atoms with van der Waals surface area (Å²) in [6, 6.07) is 4.76. The number of carbonyl (C=O) groups is 1. The Hall–Kier alpha value is -4.45. The van der Waals surface area contributed by atoms with Gasteiger partial charge in [0, 0.05) is 34.8 Å². The fourth-order valence-corrected chi connectivity index (χ4v) is 5.50. The minimum Gasteiger partial charge on any atom is -0.340 e. The molecule has 0 aliphatic carbocycles. The summed E-state index contributed by atoms with van der Waals surface area (Å²) in [4.78, 5) is 27.6. The van der Waals surface area contributed by atoms with Gasteiger partial charge in [-0.15, -0.1) is 5.10 Å². The van der Waals surface area contributed by atoms with Gasteiger partial charge in [0.25, 0.3) is 0 Å². The third-order valence-corrected chi connectivity index (χ3v) is 7.31. The molecule has 11 nitrogen and oxygen atoms in total. The molecular formula is C24H18ClFN10O. The maximum Gasteiger partial charge on any atom is 0.247 e. The zero-order valence-electron chi connectivity index (χ0n) is 19.1. The second kappa shape index (κ2) is 8.30. The number of tetrazole rings is 1. The standard InChI is InChI=1S/C24H18ClFN10O/c25-16-2-4-18(35-11-30-33-34-35)21(22(16)26)12-6-15-1-3-19(36(15)20(37)7-12)24-28-10-17(31-24)13-5-14-9-29-32-23(14)27-8-13/h2,4-5,7-11,15,19H,1,3,6H2,(H,28,31)(H,27,29,32)/t15-,19+/m1/s1. The van der Waals surface area contributed by atoms with E-state index in [1.807, 2.05) is 11.0 Å². The lowest BCUT2D eigenvalue weighted by atomic mass is 9.92. The number of fused-ring (bicyclic) bond motifs is 2. The van der Waals surface area contributed by atoms with Crippen molar-refractivity contribution in [3.8, 4) is 16.9 Å². The molecule has 0 radical (unpaired) electrons. The molecule has 2 atom stereocenters. The number of hydrogen-bond acceptors (Lipinski definition) is 7. The van der Waals surface area contributed by atoms with E-state index in [2.05, 4.69) is 40.7 Å². The average molecular weight is 517 g/mol. The Labute approximate surface area is 213 Å². The first-order valence-corrected chi connectivity index (χ1v) is 12.0. The molecule has 1 fully saturated rings. The Morgan fingerprint density at radius 2 is 2.05 bits per heavy atom. The van der Waals surface area contributed by atoms with Gasteiger partial charge >= 0.3 is 0 Å². The Balaban J connectivity index is 1.21. The summed E-state index contributed by atoms with van der Waals surface area (Å²) in [6.07, 6.45) is 10.1. The minimum absolute atomic E-state index is 0.0295. The lowest BCUT2D eigenvalue weighted by molar-refractivity contribution is -0.129. The molecule has 0 spiro atoms. The molecule has 2 aliphatic rings. The van der Waals surface area contributed by atoms with E-state index in [-0.39, 0.29) is 28.6 Å². The molecule has 4 aromatic heterocycles. The zero-order valence-corrected chi connectivity index (χ0v) is 19.9. The van der Waals surface area contributed by atoms with Gasteiger partial charge in [-0.3, -0.25) is 9.89 Å². The Kier molecular flexibility index (Phi) is 4.89. The number of halogens is 2. The first-order valence-electron chi connectivity index (χ1n) is 11.7. The highest BCUT2D eigenvalue weighted by Crippen LogP contribution is 2.44. The second-order valence-corrected chi connectivity index (χ2v) is 9.50. The van der Waals surface area contributed by atoms with Crippen LogP contribution in [0, 0.1) is 5.82 Å². The van der Waals surface area contributed by atoms with Crippen LogP contribution in [0.5, 0.6) is 0 Å². The van der Waals surface area contributed by atoms with Crippen molar-refractivity contribution < 1.29 is 9.18 Å². The van der Waals surface area contributed by atoms with E-state index in [1.165, 1.54) is 23.2 Å². The first kappa shape index (κ1) is 21.8. The minimum atomic E-state index is -0.601. The smallest absolute Gasteiger partial charge is 0.247 e. The Morgan fingerprint density at radius 1 is 1.14 bits per heavy atom. The van der Waals surface area contributed by atoms with Crippen LogP contribution in [0.2, 0.25) is 5.02 Å². The molecule has 6 heterocycles. The number of rotatable bonds is 4. The molecule has 37 heavy (non-hydrogen) atoms. The number of nitrogens with zero attached hydrogens (tertiary/aromatic N) is 8. The third kappa shape index (κ3) is 3.51. The van der Waals surface area contributed by atoms with E-state index in [1.54, 1.807) is 24.7 Å². The Morgan fingerprint density at radius 3 is 2.92 bits per heavy atom. The molecule has 1 saturated heterocycles. The highest BCUT2D eigenvalue weighted by Gasteiger charge is 2.42. The molecular weight excluding hydrogens is 499 g/mol. The van der Waals surface area contributed by atoms with E-state index in [0.717, 1.165) is 29.5 Å². The lowest BCUT2D eigenvalue weighted by Crippen LogP contribution is -2.39. The topological polar surface area (TPSA) is 134 Å². The van der Waals surface area contributed by atoms with Gasteiger partial charge in [-0.25, -0.2) is 14.4 Å². The van der Waals surface area contributed by atoms with Crippen molar-refractivity contribution in [1.29, 1.82) is 0 Å². The van der Waals surface area contributed by atoms with Crippen LogP contribution in [-0.4, -0.2) is 62.2 Å². The normalized spacial score (nSPS) is 19.5. The van der Waals surface area contributed by atoms with Gasteiger partial charge < -0.3 is 9.88 Å². The summed E-state index contributed by atoms with van der Waals surface area (Å²) in [5, 5.41) is 18.9. The van der Waals surface area contributed by atoms with Crippen LogP contribution in [0.4, 0.5) is 4.39 Å². The summed E-state index contributed by atoms with van der Waals surface area (Å²) in [5.74, 6) is -0.0934. The fourth-order valence-electron chi connectivity index (χ4n) is 5.34. The second-order valence-electron chi connectivity index (χ2n) is 9.09. The number of carbonyl (C=O) groups excluding carboxylic acids is 1. The highest BCUT2D eigenvalue weighted by molar-refractivity contribution is 6.31. The lowest BCUT2D eigenvalue weighted by Gasteiger charge is -2.33. The number of nitrogens with one attached hydrogen (secondary N) is 2. The summed E-state index contributed by atoms with van der Waals surface area (Å²) in [7, 11) is 0. The number of amides is 1. The van der Waals surface area contributed by atoms with Crippen LogP contribution in [-0.2, 0) is 4.79 Å². The van der Waals surface area contributed by atoms with Crippen LogP contribution in [0.1, 0.15) is 36.7 Å². The quantitative estimate of drug-likeness (QED) is 0.372.